The summed E-state index contributed by atoms with van der Waals surface area (Å²) in [5, 5.41) is 0. The van der Waals surface area contributed by atoms with E-state index in [1.807, 2.05) is 6.07 Å². The minimum Gasteiger partial charge on any atom is -0.465 e. The molecule has 1 aliphatic carbocycles. The maximum atomic E-state index is 14.1. The van der Waals surface area contributed by atoms with Crippen molar-refractivity contribution in [1.82, 2.24) is 0 Å². The molecule has 0 N–H and O–H groups in total. The van der Waals surface area contributed by atoms with Gasteiger partial charge in [-0.1, -0.05) is 19.9 Å². The molecule has 0 spiro atoms. The third-order valence-corrected chi connectivity index (χ3v) is 3.07. The molecule has 0 saturated carbocycles. The van der Waals surface area contributed by atoms with Crippen LogP contribution in [0.5, 0.6) is 0 Å². The molecule has 0 heterocycles. The number of ether oxygens (including phenoxy) is 1. The van der Waals surface area contributed by atoms with Crippen molar-refractivity contribution >= 4 is 5.97 Å². The van der Waals surface area contributed by atoms with Crippen LogP contribution in [0.3, 0.4) is 0 Å². The number of halogens is 1. The van der Waals surface area contributed by atoms with Crippen LogP contribution in [0.25, 0.3) is 0 Å². The van der Waals surface area contributed by atoms with Crippen molar-refractivity contribution in [3.63, 3.8) is 0 Å². The first-order valence-electron chi connectivity index (χ1n) is 5.33. The molecule has 16 heavy (non-hydrogen) atoms. The van der Waals surface area contributed by atoms with E-state index in [4.69, 9.17) is 0 Å². The molecular formula is C13H15FO2. The first-order chi connectivity index (χ1) is 7.44. The maximum Gasteiger partial charge on any atom is 0.340 e. The number of carbonyl (C=O) groups is 1. The molecule has 0 amide bonds. The van der Waals surface area contributed by atoms with Crippen molar-refractivity contribution in [3.8, 4) is 0 Å². The second kappa shape index (κ2) is 3.58. The molecule has 0 atom stereocenters. The number of methoxy groups -OCH3 is 1. The van der Waals surface area contributed by atoms with Gasteiger partial charge >= 0.3 is 5.97 Å². The summed E-state index contributed by atoms with van der Waals surface area (Å²) >= 11 is 0. The average molecular weight is 222 g/mol. The van der Waals surface area contributed by atoms with E-state index in [1.165, 1.54) is 13.2 Å². The molecule has 1 aromatic carbocycles. The maximum absolute atomic E-state index is 14.1. The fourth-order valence-corrected chi connectivity index (χ4v) is 2.34. The largest absolute Gasteiger partial charge is 0.465 e. The highest BCUT2D eigenvalue weighted by Crippen LogP contribution is 2.38. The number of esters is 1. The molecule has 0 fully saturated rings. The topological polar surface area (TPSA) is 26.3 Å². The van der Waals surface area contributed by atoms with Gasteiger partial charge in [0.15, 0.2) is 0 Å². The Morgan fingerprint density at radius 3 is 2.69 bits per heavy atom. The van der Waals surface area contributed by atoms with Crippen molar-refractivity contribution in [1.29, 1.82) is 0 Å². The lowest BCUT2D eigenvalue weighted by atomic mass is 9.90. The van der Waals surface area contributed by atoms with Crippen molar-refractivity contribution in [3.05, 3.63) is 34.6 Å². The Morgan fingerprint density at radius 1 is 1.38 bits per heavy atom. The van der Waals surface area contributed by atoms with Crippen LogP contribution in [0, 0.1) is 11.2 Å². The van der Waals surface area contributed by atoms with Crippen LogP contribution in [0.2, 0.25) is 0 Å². The zero-order valence-corrected chi connectivity index (χ0v) is 9.76. The molecule has 0 aromatic heterocycles. The number of fused-ring (bicyclic) bond motifs is 1. The second-order valence-electron chi connectivity index (χ2n) is 5.07. The first-order valence-corrected chi connectivity index (χ1v) is 5.33. The van der Waals surface area contributed by atoms with Gasteiger partial charge in [-0.15, -0.1) is 0 Å². The summed E-state index contributed by atoms with van der Waals surface area (Å²) in [4.78, 5) is 11.3. The van der Waals surface area contributed by atoms with Crippen LogP contribution < -0.4 is 0 Å². The highest BCUT2D eigenvalue weighted by molar-refractivity contribution is 5.90. The van der Waals surface area contributed by atoms with Gasteiger partial charge in [-0.3, -0.25) is 0 Å². The van der Waals surface area contributed by atoms with Crippen LogP contribution in [-0.2, 0) is 17.6 Å². The van der Waals surface area contributed by atoms with E-state index in [0.717, 1.165) is 12.0 Å². The second-order valence-corrected chi connectivity index (χ2v) is 5.07. The number of hydrogen-bond acceptors (Lipinski definition) is 2. The van der Waals surface area contributed by atoms with Gasteiger partial charge in [-0.2, -0.15) is 0 Å². The Balaban J connectivity index is 2.48. The number of carbonyl (C=O) groups excluding carboxylic acids is 1. The summed E-state index contributed by atoms with van der Waals surface area (Å²) in [6, 6.07) is 3.35. The fourth-order valence-electron chi connectivity index (χ4n) is 2.34. The van der Waals surface area contributed by atoms with Gasteiger partial charge in [0.25, 0.3) is 0 Å². The Hall–Kier alpha value is -1.38. The lowest BCUT2D eigenvalue weighted by Gasteiger charge is -2.14. The Kier molecular flexibility index (Phi) is 2.49. The van der Waals surface area contributed by atoms with E-state index in [0.29, 0.717) is 12.0 Å². The highest BCUT2D eigenvalue weighted by Gasteiger charge is 2.32. The minimum atomic E-state index is -0.606. The van der Waals surface area contributed by atoms with Crippen LogP contribution in [0.1, 0.15) is 35.3 Å². The Labute approximate surface area is 94.4 Å². The zero-order chi connectivity index (χ0) is 11.9. The average Bonchev–Trinajstić information content (AvgIpc) is 2.53. The van der Waals surface area contributed by atoms with Crippen LogP contribution in [-0.4, -0.2) is 13.1 Å². The van der Waals surface area contributed by atoms with Crippen molar-refractivity contribution in [2.75, 3.05) is 7.11 Å². The standard InChI is InChI=1S/C13H15FO2/c1-13(2)6-8-4-5-9(12(15)16-3)11(14)10(8)7-13/h4-5H,6-7H2,1-3H3. The smallest absolute Gasteiger partial charge is 0.340 e. The van der Waals surface area contributed by atoms with Crippen molar-refractivity contribution in [2.45, 2.75) is 26.7 Å². The Morgan fingerprint density at radius 2 is 2.06 bits per heavy atom. The molecule has 1 aromatic rings. The zero-order valence-electron chi connectivity index (χ0n) is 9.76. The van der Waals surface area contributed by atoms with E-state index in [9.17, 15) is 9.18 Å². The summed E-state index contributed by atoms with van der Waals surface area (Å²) in [6.45, 7) is 4.20. The SMILES string of the molecule is COC(=O)c1ccc2c(c1F)CC(C)(C)C2. The molecule has 0 aliphatic heterocycles. The lowest BCUT2D eigenvalue weighted by Crippen LogP contribution is -2.10. The normalized spacial score (nSPS) is 17.0. The van der Waals surface area contributed by atoms with Gasteiger partial charge < -0.3 is 4.74 Å². The quantitative estimate of drug-likeness (QED) is 0.683. The van der Waals surface area contributed by atoms with Gasteiger partial charge in [-0.25, -0.2) is 9.18 Å². The van der Waals surface area contributed by atoms with Gasteiger partial charge in [-0.05, 0) is 35.4 Å². The van der Waals surface area contributed by atoms with Crippen LogP contribution >= 0.6 is 0 Å². The van der Waals surface area contributed by atoms with E-state index in [-0.39, 0.29) is 11.0 Å². The highest BCUT2D eigenvalue weighted by atomic mass is 19.1. The number of benzene rings is 1. The summed E-state index contributed by atoms with van der Waals surface area (Å²) in [6.07, 6.45) is 1.54. The molecule has 0 unspecified atom stereocenters. The number of rotatable bonds is 1. The molecule has 2 nitrogen and oxygen atoms in total. The van der Waals surface area contributed by atoms with Crippen molar-refractivity contribution < 1.29 is 13.9 Å². The molecule has 1 aliphatic rings. The third-order valence-electron chi connectivity index (χ3n) is 3.07. The first kappa shape index (κ1) is 11.1. The Bertz CT molecular complexity index is 449. The van der Waals surface area contributed by atoms with Crippen LogP contribution in [0.4, 0.5) is 4.39 Å². The molecule has 0 radical (unpaired) electrons. The van der Waals surface area contributed by atoms with E-state index < -0.39 is 11.8 Å². The van der Waals surface area contributed by atoms with Gasteiger partial charge in [0.2, 0.25) is 0 Å². The van der Waals surface area contributed by atoms with E-state index in [2.05, 4.69) is 18.6 Å². The van der Waals surface area contributed by atoms with E-state index >= 15 is 0 Å². The molecular weight excluding hydrogens is 207 g/mol. The predicted octanol–water partition coefficient (Wildman–Crippen LogP) is 2.74. The van der Waals surface area contributed by atoms with Gasteiger partial charge in [0.1, 0.15) is 5.82 Å². The lowest BCUT2D eigenvalue weighted by molar-refractivity contribution is 0.0595. The predicted molar refractivity (Wildman–Crippen MR) is 58.9 cm³/mol. The fraction of sp³-hybridized carbons (Fsp3) is 0.462. The molecule has 86 valence electrons. The van der Waals surface area contributed by atoms with Gasteiger partial charge in [0, 0.05) is 0 Å². The van der Waals surface area contributed by atoms with Gasteiger partial charge in [0.05, 0.1) is 12.7 Å². The molecule has 2 rings (SSSR count). The number of hydrogen-bond donors (Lipinski definition) is 0. The summed E-state index contributed by atoms with van der Waals surface area (Å²) in [7, 11) is 1.26. The minimum absolute atomic E-state index is 0.0407. The molecule has 3 heteroatoms. The molecule has 0 saturated heterocycles. The summed E-state index contributed by atoms with van der Waals surface area (Å²) in [5.74, 6) is -1.01. The molecule has 0 bridgehead atoms. The summed E-state index contributed by atoms with van der Waals surface area (Å²) in [5.41, 5.74) is 1.81. The third kappa shape index (κ3) is 1.70. The van der Waals surface area contributed by atoms with Crippen LogP contribution in [0.15, 0.2) is 12.1 Å². The monoisotopic (exact) mass is 222 g/mol. The summed E-state index contributed by atoms with van der Waals surface area (Å²) < 4.78 is 18.6. The van der Waals surface area contributed by atoms with E-state index in [1.54, 1.807) is 0 Å². The van der Waals surface area contributed by atoms with Crippen molar-refractivity contribution in [2.24, 2.45) is 5.41 Å².